The zero-order chi connectivity index (χ0) is 20.5. The van der Waals surface area contributed by atoms with Crippen LogP contribution in [0.15, 0.2) is 67.4 Å². The number of hydrogen-bond donors (Lipinski definition) is 0. The number of benzene rings is 2. The van der Waals surface area contributed by atoms with E-state index in [0.29, 0.717) is 28.1 Å². The van der Waals surface area contributed by atoms with Gasteiger partial charge in [0.15, 0.2) is 5.16 Å². The van der Waals surface area contributed by atoms with Crippen LogP contribution >= 0.6 is 27.7 Å². The Labute approximate surface area is 185 Å². The third kappa shape index (κ3) is 3.81. The topological polar surface area (TPSA) is 73.8 Å². The highest BCUT2D eigenvalue weighted by Gasteiger charge is 2.23. The summed E-state index contributed by atoms with van der Waals surface area (Å²) in [5, 5.41) is 9.73. The van der Waals surface area contributed by atoms with Crippen molar-refractivity contribution < 1.29 is 4.42 Å². The Hall–Kier alpha value is -2.45. The van der Waals surface area contributed by atoms with Gasteiger partial charge in [0.1, 0.15) is 0 Å². The van der Waals surface area contributed by atoms with Crippen molar-refractivity contribution in [2.45, 2.75) is 42.6 Å². The van der Waals surface area contributed by atoms with Gasteiger partial charge in [-0.15, -0.1) is 10.2 Å². The maximum absolute atomic E-state index is 13.2. The molecule has 0 atom stereocenters. The van der Waals surface area contributed by atoms with E-state index in [0.717, 1.165) is 41.2 Å². The zero-order valence-electron chi connectivity index (χ0n) is 16.1. The molecule has 2 aromatic heterocycles. The van der Waals surface area contributed by atoms with Crippen molar-refractivity contribution in [2.75, 3.05) is 0 Å². The van der Waals surface area contributed by atoms with Gasteiger partial charge in [-0.25, -0.2) is 4.98 Å². The van der Waals surface area contributed by atoms with E-state index in [2.05, 4.69) is 26.1 Å². The van der Waals surface area contributed by atoms with Gasteiger partial charge in [-0.05, 0) is 49.2 Å². The predicted molar refractivity (Wildman–Crippen MR) is 121 cm³/mol. The maximum Gasteiger partial charge on any atom is 0.262 e. The first kappa shape index (κ1) is 19.5. The van der Waals surface area contributed by atoms with Crippen molar-refractivity contribution in [2.24, 2.45) is 0 Å². The number of nitrogens with zero attached hydrogens (tertiary/aromatic N) is 4. The molecule has 0 radical (unpaired) electrons. The second-order valence-electron chi connectivity index (χ2n) is 7.32. The van der Waals surface area contributed by atoms with E-state index < -0.39 is 0 Å². The number of rotatable bonds is 5. The third-order valence-corrected chi connectivity index (χ3v) is 6.81. The lowest BCUT2D eigenvalue weighted by molar-refractivity contribution is 0.457. The third-order valence-electron chi connectivity index (χ3n) is 5.35. The van der Waals surface area contributed by atoms with Crippen LogP contribution in [-0.2, 0) is 5.75 Å². The minimum atomic E-state index is 0.0380. The standard InChI is InChI=1S/C22H19BrN4O2S/c23-15-11-9-14(10-12-15)20-26-25-19(29-20)13-30-22-24-18-8-4-3-7-17(18)21(28)27(22)16-5-1-2-6-16/h3-4,7-12,16H,1-2,5-6,13H2. The molecule has 2 heterocycles. The van der Waals surface area contributed by atoms with E-state index in [4.69, 9.17) is 9.40 Å². The van der Waals surface area contributed by atoms with Gasteiger partial charge in [0.2, 0.25) is 11.8 Å². The molecule has 2 aromatic carbocycles. The first-order chi connectivity index (χ1) is 14.7. The van der Waals surface area contributed by atoms with Crippen molar-refractivity contribution >= 4 is 38.6 Å². The second kappa shape index (κ2) is 8.35. The van der Waals surface area contributed by atoms with Gasteiger partial charge >= 0.3 is 0 Å². The fraction of sp³-hybridized carbons (Fsp3) is 0.273. The van der Waals surface area contributed by atoms with Crippen LogP contribution in [0, 0.1) is 0 Å². The summed E-state index contributed by atoms with van der Waals surface area (Å²) in [6.07, 6.45) is 4.33. The van der Waals surface area contributed by atoms with E-state index in [1.165, 1.54) is 11.8 Å². The normalized spacial score (nSPS) is 14.6. The SMILES string of the molecule is O=c1c2ccccc2nc(SCc2nnc(-c3ccc(Br)cc3)o2)n1C1CCCC1. The van der Waals surface area contributed by atoms with Gasteiger partial charge in [0.05, 0.1) is 16.7 Å². The molecule has 0 N–H and O–H groups in total. The number of fused-ring (bicyclic) bond motifs is 1. The molecule has 1 saturated carbocycles. The highest BCUT2D eigenvalue weighted by Crippen LogP contribution is 2.33. The van der Waals surface area contributed by atoms with Crippen LogP contribution in [0.3, 0.4) is 0 Å². The van der Waals surface area contributed by atoms with Crippen LogP contribution in [0.2, 0.25) is 0 Å². The molecule has 6 nitrogen and oxygen atoms in total. The number of para-hydroxylation sites is 1. The Bertz CT molecular complexity index is 1250. The average Bonchev–Trinajstić information content (AvgIpc) is 3.45. The number of halogens is 1. The first-order valence-corrected chi connectivity index (χ1v) is 11.7. The fourth-order valence-corrected chi connectivity index (χ4v) is 5.03. The lowest BCUT2D eigenvalue weighted by atomic mass is 10.2. The average molecular weight is 483 g/mol. The van der Waals surface area contributed by atoms with Crippen molar-refractivity contribution in [1.82, 2.24) is 19.7 Å². The highest BCUT2D eigenvalue weighted by atomic mass is 79.9. The summed E-state index contributed by atoms with van der Waals surface area (Å²) in [7, 11) is 0. The van der Waals surface area contributed by atoms with E-state index in [1.54, 1.807) is 0 Å². The number of hydrogen-bond acceptors (Lipinski definition) is 6. The molecule has 8 heteroatoms. The van der Waals surface area contributed by atoms with Crippen LogP contribution in [0.1, 0.15) is 37.6 Å². The summed E-state index contributed by atoms with van der Waals surface area (Å²) in [4.78, 5) is 18.0. The second-order valence-corrected chi connectivity index (χ2v) is 9.18. The van der Waals surface area contributed by atoms with Crippen molar-refractivity contribution in [3.8, 4) is 11.5 Å². The molecular formula is C22H19BrN4O2S. The monoisotopic (exact) mass is 482 g/mol. The van der Waals surface area contributed by atoms with Crippen molar-refractivity contribution in [1.29, 1.82) is 0 Å². The Morgan fingerprint density at radius 1 is 1.07 bits per heavy atom. The lowest BCUT2D eigenvalue weighted by Crippen LogP contribution is -2.26. The van der Waals surface area contributed by atoms with Crippen molar-refractivity contribution in [3.05, 3.63) is 69.2 Å². The summed E-state index contributed by atoms with van der Waals surface area (Å²) in [5.74, 6) is 1.46. The van der Waals surface area contributed by atoms with Crippen LogP contribution in [0.4, 0.5) is 0 Å². The van der Waals surface area contributed by atoms with Crippen LogP contribution in [0.5, 0.6) is 0 Å². The highest BCUT2D eigenvalue weighted by molar-refractivity contribution is 9.10. The van der Waals surface area contributed by atoms with E-state index in [1.807, 2.05) is 53.1 Å². The number of thioether (sulfide) groups is 1. The zero-order valence-corrected chi connectivity index (χ0v) is 18.5. The molecule has 5 rings (SSSR count). The Kier molecular flexibility index (Phi) is 5.43. The lowest BCUT2D eigenvalue weighted by Gasteiger charge is -2.18. The summed E-state index contributed by atoms with van der Waals surface area (Å²) >= 11 is 4.90. The molecule has 1 aliphatic rings. The largest absolute Gasteiger partial charge is 0.420 e. The molecule has 0 amide bonds. The molecule has 0 bridgehead atoms. The summed E-state index contributed by atoms with van der Waals surface area (Å²) < 4.78 is 8.72. The van der Waals surface area contributed by atoms with Crippen LogP contribution in [-0.4, -0.2) is 19.7 Å². The molecule has 0 saturated heterocycles. The first-order valence-electron chi connectivity index (χ1n) is 9.91. The maximum atomic E-state index is 13.2. The number of aromatic nitrogens is 4. The summed E-state index contributed by atoms with van der Waals surface area (Å²) in [6.45, 7) is 0. The summed E-state index contributed by atoms with van der Waals surface area (Å²) in [5.41, 5.74) is 1.63. The Balaban J connectivity index is 1.44. The molecular weight excluding hydrogens is 464 g/mol. The molecule has 0 aliphatic heterocycles. The molecule has 0 unspecified atom stereocenters. The molecule has 1 aliphatic carbocycles. The van der Waals surface area contributed by atoms with Crippen molar-refractivity contribution in [3.63, 3.8) is 0 Å². The van der Waals surface area contributed by atoms with Gasteiger partial charge in [-0.2, -0.15) is 0 Å². The Morgan fingerprint density at radius 3 is 2.63 bits per heavy atom. The van der Waals surface area contributed by atoms with E-state index >= 15 is 0 Å². The predicted octanol–water partition coefficient (Wildman–Crippen LogP) is 5.62. The molecule has 4 aromatic rings. The summed E-state index contributed by atoms with van der Waals surface area (Å²) in [6, 6.07) is 15.5. The molecule has 152 valence electrons. The fourth-order valence-electron chi connectivity index (χ4n) is 3.86. The minimum Gasteiger partial charge on any atom is -0.420 e. The van der Waals surface area contributed by atoms with Crippen LogP contribution < -0.4 is 5.56 Å². The van der Waals surface area contributed by atoms with Gasteiger partial charge in [0.25, 0.3) is 5.56 Å². The molecule has 0 spiro atoms. The van der Waals surface area contributed by atoms with Gasteiger partial charge in [-0.3, -0.25) is 9.36 Å². The molecule has 1 fully saturated rings. The van der Waals surface area contributed by atoms with E-state index in [9.17, 15) is 4.79 Å². The van der Waals surface area contributed by atoms with Gasteiger partial charge < -0.3 is 4.42 Å². The van der Waals surface area contributed by atoms with Crippen LogP contribution in [0.25, 0.3) is 22.4 Å². The minimum absolute atomic E-state index is 0.0380. The quantitative estimate of drug-likeness (QED) is 0.271. The molecule has 30 heavy (non-hydrogen) atoms. The smallest absolute Gasteiger partial charge is 0.262 e. The van der Waals surface area contributed by atoms with E-state index in [-0.39, 0.29) is 11.6 Å². The van der Waals surface area contributed by atoms with Gasteiger partial charge in [0, 0.05) is 16.1 Å². The van der Waals surface area contributed by atoms with Gasteiger partial charge in [-0.1, -0.05) is 52.7 Å². The Morgan fingerprint density at radius 2 is 1.83 bits per heavy atom.